The van der Waals surface area contributed by atoms with Crippen molar-refractivity contribution in [1.29, 1.82) is 0 Å². The summed E-state index contributed by atoms with van der Waals surface area (Å²) in [5.41, 5.74) is 1.02. The maximum atomic E-state index is 11.0. The summed E-state index contributed by atoms with van der Waals surface area (Å²) < 4.78 is 5.36. The maximum Gasteiger partial charge on any atom is 0.317 e. The van der Waals surface area contributed by atoms with Gasteiger partial charge in [0.2, 0.25) is 0 Å². The molecule has 2 unspecified atom stereocenters. The predicted molar refractivity (Wildman–Crippen MR) is 75.5 cm³/mol. The molecule has 2 atom stereocenters. The molecule has 0 heterocycles. The van der Waals surface area contributed by atoms with Gasteiger partial charge in [0.05, 0.1) is 13.7 Å². The second-order valence-electron chi connectivity index (χ2n) is 4.74. The molecular weight excluding hydrogens is 242 g/mol. The Morgan fingerprint density at radius 1 is 1.37 bits per heavy atom. The maximum absolute atomic E-state index is 11.0. The van der Waals surface area contributed by atoms with Crippen LogP contribution in [-0.4, -0.2) is 35.7 Å². The number of rotatable bonds is 7. The Labute approximate surface area is 115 Å². The third-order valence-electron chi connectivity index (χ3n) is 3.56. The third-order valence-corrected chi connectivity index (χ3v) is 3.56. The molecule has 0 aliphatic rings. The second-order valence-corrected chi connectivity index (χ2v) is 4.74. The first-order valence-electron chi connectivity index (χ1n) is 6.61. The molecule has 0 saturated heterocycles. The molecule has 1 rings (SSSR count). The molecule has 0 aromatic heterocycles. The summed E-state index contributed by atoms with van der Waals surface area (Å²) in [6, 6.07) is 7.96. The van der Waals surface area contributed by atoms with Crippen molar-refractivity contribution in [1.82, 2.24) is 4.90 Å². The first-order chi connectivity index (χ1) is 9.01. The highest BCUT2D eigenvalue weighted by Gasteiger charge is 2.24. The summed E-state index contributed by atoms with van der Waals surface area (Å²) in [5.74, 6) is -0.00394. The monoisotopic (exact) mass is 265 g/mol. The van der Waals surface area contributed by atoms with Gasteiger partial charge in [0.15, 0.2) is 0 Å². The zero-order valence-corrected chi connectivity index (χ0v) is 12.1. The lowest BCUT2D eigenvalue weighted by atomic mass is 10.0. The van der Waals surface area contributed by atoms with Gasteiger partial charge in [-0.1, -0.05) is 25.1 Å². The van der Waals surface area contributed by atoms with Gasteiger partial charge in [-0.15, -0.1) is 0 Å². The molecule has 4 nitrogen and oxygen atoms in total. The molecule has 0 spiro atoms. The Bertz CT molecular complexity index is 420. The van der Waals surface area contributed by atoms with Gasteiger partial charge in [-0.3, -0.25) is 9.69 Å². The number of hydrogen-bond donors (Lipinski definition) is 1. The molecule has 0 amide bonds. The first kappa shape index (κ1) is 15.5. The fourth-order valence-electron chi connectivity index (χ4n) is 2.26. The Balaban J connectivity index is 3.03. The number of benzene rings is 1. The van der Waals surface area contributed by atoms with Crippen LogP contribution in [0.4, 0.5) is 0 Å². The number of hydrogen-bond acceptors (Lipinski definition) is 3. The van der Waals surface area contributed by atoms with Crippen molar-refractivity contribution in [3.63, 3.8) is 0 Å². The number of methoxy groups -OCH3 is 1. The molecule has 0 bridgehead atoms. The molecule has 1 N–H and O–H groups in total. The Kier molecular flexibility index (Phi) is 5.83. The minimum absolute atomic E-state index is 0.00204. The number of aliphatic carboxylic acids is 1. The van der Waals surface area contributed by atoms with Crippen LogP contribution in [0.1, 0.15) is 38.8 Å². The molecule has 0 saturated carbocycles. The van der Waals surface area contributed by atoms with Crippen LogP contribution in [0.3, 0.4) is 0 Å². The van der Waals surface area contributed by atoms with Crippen molar-refractivity contribution in [2.24, 2.45) is 0 Å². The van der Waals surface area contributed by atoms with Crippen LogP contribution in [0.25, 0.3) is 0 Å². The van der Waals surface area contributed by atoms with Gasteiger partial charge in [-0.05, 0) is 26.3 Å². The standard InChI is InChI=1S/C15H23NO3/c1-5-11(2)16(10-15(17)18)12(3)13-8-6-7-9-14(13)19-4/h6-9,11-12H,5,10H2,1-4H3,(H,17,18). The smallest absolute Gasteiger partial charge is 0.317 e. The van der Waals surface area contributed by atoms with Gasteiger partial charge in [0.25, 0.3) is 0 Å². The highest BCUT2D eigenvalue weighted by atomic mass is 16.5. The molecule has 1 aromatic carbocycles. The predicted octanol–water partition coefficient (Wildman–Crippen LogP) is 2.94. The van der Waals surface area contributed by atoms with Crippen LogP contribution in [-0.2, 0) is 4.79 Å². The van der Waals surface area contributed by atoms with Gasteiger partial charge in [-0.2, -0.15) is 0 Å². The summed E-state index contributed by atoms with van der Waals surface area (Å²) in [7, 11) is 1.64. The topological polar surface area (TPSA) is 49.8 Å². The number of nitrogens with zero attached hydrogens (tertiary/aromatic N) is 1. The van der Waals surface area contributed by atoms with E-state index in [4.69, 9.17) is 9.84 Å². The van der Waals surface area contributed by atoms with E-state index in [1.54, 1.807) is 7.11 Å². The van der Waals surface area contributed by atoms with Gasteiger partial charge in [0, 0.05) is 17.6 Å². The van der Waals surface area contributed by atoms with Crippen LogP contribution in [0.2, 0.25) is 0 Å². The van der Waals surface area contributed by atoms with Crippen molar-refractivity contribution >= 4 is 5.97 Å². The van der Waals surface area contributed by atoms with E-state index >= 15 is 0 Å². The first-order valence-corrected chi connectivity index (χ1v) is 6.61. The minimum atomic E-state index is -0.804. The van der Waals surface area contributed by atoms with E-state index in [9.17, 15) is 4.79 Å². The largest absolute Gasteiger partial charge is 0.496 e. The average molecular weight is 265 g/mol. The summed E-state index contributed by atoms with van der Waals surface area (Å²) in [4.78, 5) is 13.0. The Morgan fingerprint density at radius 3 is 2.53 bits per heavy atom. The van der Waals surface area contributed by atoms with Gasteiger partial charge in [-0.25, -0.2) is 0 Å². The number of carbonyl (C=O) groups is 1. The summed E-state index contributed by atoms with van der Waals surface area (Å²) in [5, 5.41) is 9.08. The van der Waals surface area contributed by atoms with Crippen molar-refractivity contribution < 1.29 is 14.6 Å². The van der Waals surface area contributed by atoms with E-state index < -0.39 is 5.97 Å². The van der Waals surface area contributed by atoms with Crippen molar-refractivity contribution in [2.75, 3.05) is 13.7 Å². The Morgan fingerprint density at radius 2 is 2.00 bits per heavy atom. The van der Waals surface area contributed by atoms with Crippen molar-refractivity contribution in [2.45, 2.75) is 39.3 Å². The quantitative estimate of drug-likeness (QED) is 0.823. The zero-order chi connectivity index (χ0) is 14.4. The van der Waals surface area contributed by atoms with Crippen LogP contribution < -0.4 is 4.74 Å². The van der Waals surface area contributed by atoms with Crippen LogP contribution in [0.5, 0.6) is 5.75 Å². The lowest BCUT2D eigenvalue weighted by molar-refractivity contribution is -0.139. The zero-order valence-electron chi connectivity index (χ0n) is 12.1. The lowest BCUT2D eigenvalue weighted by Gasteiger charge is -2.33. The number of carboxylic acid groups (broad SMARTS) is 1. The molecule has 0 fully saturated rings. The van der Waals surface area contributed by atoms with Crippen LogP contribution in [0, 0.1) is 0 Å². The summed E-state index contributed by atoms with van der Waals surface area (Å²) in [6.07, 6.45) is 0.909. The summed E-state index contributed by atoms with van der Waals surface area (Å²) in [6.45, 7) is 6.17. The molecular formula is C15H23NO3. The normalized spacial score (nSPS) is 14.2. The van der Waals surface area contributed by atoms with Gasteiger partial charge in [0.1, 0.15) is 5.75 Å². The molecule has 106 valence electrons. The van der Waals surface area contributed by atoms with E-state index in [0.29, 0.717) is 0 Å². The number of carboxylic acids is 1. The van der Waals surface area contributed by atoms with Crippen molar-refractivity contribution in [3.8, 4) is 5.75 Å². The Hall–Kier alpha value is -1.55. The lowest BCUT2D eigenvalue weighted by Crippen LogP contribution is -2.39. The fourth-order valence-corrected chi connectivity index (χ4v) is 2.26. The minimum Gasteiger partial charge on any atom is -0.496 e. The third kappa shape index (κ3) is 3.96. The van der Waals surface area contributed by atoms with E-state index in [0.717, 1.165) is 17.7 Å². The SMILES string of the molecule is CCC(C)N(CC(=O)O)C(C)c1ccccc1OC. The number of para-hydroxylation sites is 1. The van der Waals surface area contributed by atoms with E-state index in [-0.39, 0.29) is 18.6 Å². The van der Waals surface area contributed by atoms with Crippen LogP contribution in [0.15, 0.2) is 24.3 Å². The molecule has 0 aliphatic carbocycles. The fraction of sp³-hybridized carbons (Fsp3) is 0.533. The summed E-state index contributed by atoms with van der Waals surface area (Å²) >= 11 is 0. The van der Waals surface area contributed by atoms with Crippen molar-refractivity contribution in [3.05, 3.63) is 29.8 Å². The van der Waals surface area contributed by atoms with Gasteiger partial charge < -0.3 is 9.84 Å². The molecule has 1 aromatic rings. The van der Waals surface area contributed by atoms with Crippen LogP contribution >= 0.6 is 0 Å². The van der Waals surface area contributed by atoms with E-state index in [1.165, 1.54) is 0 Å². The molecule has 19 heavy (non-hydrogen) atoms. The highest BCUT2D eigenvalue weighted by molar-refractivity contribution is 5.69. The number of ether oxygens (including phenoxy) is 1. The highest BCUT2D eigenvalue weighted by Crippen LogP contribution is 2.30. The molecule has 4 heteroatoms. The second kappa shape index (κ2) is 7.14. The van der Waals surface area contributed by atoms with E-state index in [1.807, 2.05) is 36.1 Å². The molecule has 0 aliphatic heterocycles. The van der Waals surface area contributed by atoms with E-state index in [2.05, 4.69) is 13.8 Å². The average Bonchev–Trinajstić information content (AvgIpc) is 2.42. The van der Waals surface area contributed by atoms with Gasteiger partial charge >= 0.3 is 5.97 Å². The molecule has 0 radical (unpaired) electrons.